The van der Waals surface area contributed by atoms with Crippen molar-refractivity contribution in [2.75, 3.05) is 26.2 Å². The van der Waals surface area contributed by atoms with Crippen molar-refractivity contribution in [1.82, 2.24) is 9.80 Å². The number of carboxylic acid groups (broad SMARTS) is 1. The van der Waals surface area contributed by atoms with Crippen molar-refractivity contribution in [3.8, 4) is 0 Å². The van der Waals surface area contributed by atoms with E-state index < -0.39 is 5.97 Å². The van der Waals surface area contributed by atoms with E-state index >= 15 is 0 Å². The van der Waals surface area contributed by atoms with Gasteiger partial charge in [-0.2, -0.15) is 0 Å². The second-order valence-corrected chi connectivity index (χ2v) is 4.69. The molecule has 0 saturated carbocycles. The number of aliphatic carboxylic acids is 1. The van der Waals surface area contributed by atoms with Crippen LogP contribution in [-0.4, -0.2) is 59.1 Å². The SMILES string of the molecule is CC(C(=O)O)N1CCN2CCCCC2C1. The van der Waals surface area contributed by atoms with Crippen LogP contribution in [0, 0.1) is 0 Å². The molecule has 2 heterocycles. The minimum atomic E-state index is -0.695. The zero-order valence-corrected chi connectivity index (χ0v) is 9.35. The van der Waals surface area contributed by atoms with Crippen molar-refractivity contribution in [2.24, 2.45) is 0 Å². The van der Waals surface area contributed by atoms with Gasteiger partial charge < -0.3 is 5.11 Å². The van der Waals surface area contributed by atoms with Gasteiger partial charge in [0, 0.05) is 25.7 Å². The normalized spacial score (nSPS) is 30.9. The van der Waals surface area contributed by atoms with Crippen LogP contribution in [0.3, 0.4) is 0 Å². The predicted molar refractivity (Wildman–Crippen MR) is 57.9 cm³/mol. The Kier molecular flexibility index (Phi) is 3.26. The van der Waals surface area contributed by atoms with Crippen molar-refractivity contribution < 1.29 is 9.90 Å². The van der Waals surface area contributed by atoms with E-state index in [4.69, 9.17) is 5.11 Å². The minimum Gasteiger partial charge on any atom is -0.480 e. The zero-order valence-electron chi connectivity index (χ0n) is 9.35. The maximum absolute atomic E-state index is 10.9. The van der Waals surface area contributed by atoms with E-state index in [-0.39, 0.29) is 6.04 Å². The van der Waals surface area contributed by atoms with Gasteiger partial charge in [0.25, 0.3) is 0 Å². The number of rotatable bonds is 2. The van der Waals surface area contributed by atoms with Gasteiger partial charge in [-0.25, -0.2) is 0 Å². The summed E-state index contributed by atoms with van der Waals surface area (Å²) in [6, 6.07) is 0.281. The number of nitrogens with zero attached hydrogens (tertiary/aromatic N) is 2. The number of carboxylic acids is 1. The Bertz CT molecular complexity index is 245. The molecular formula is C11H20N2O2. The molecule has 2 fully saturated rings. The lowest BCUT2D eigenvalue weighted by atomic mass is 9.99. The van der Waals surface area contributed by atoms with E-state index in [1.165, 1.54) is 25.8 Å². The monoisotopic (exact) mass is 212 g/mol. The molecule has 1 N–H and O–H groups in total. The summed E-state index contributed by atoms with van der Waals surface area (Å²) in [5.74, 6) is -0.695. The molecule has 0 amide bonds. The fourth-order valence-electron chi connectivity index (χ4n) is 2.69. The van der Waals surface area contributed by atoms with Crippen LogP contribution < -0.4 is 0 Å². The average Bonchev–Trinajstić information content (AvgIpc) is 2.27. The summed E-state index contributed by atoms with van der Waals surface area (Å²) in [4.78, 5) is 15.5. The van der Waals surface area contributed by atoms with Crippen LogP contribution in [0.25, 0.3) is 0 Å². The highest BCUT2D eigenvalue weighted by Gasteiger charge is 2.32. The van der Waals surface area contributed by atoms with E-state index in [1.807, 2.05) is 0 Å². The second-order valence-electron chi connectivity index (χ2n) is 4.69. The van der Waals surface area contributed by atoms with E-state index in [9.17, 15) is 4.79 Å². The quantitative estimate of drug-likeness (QED) is 0.729. The average molecular weight is 212 g/mol. The molecule has 15 heavy (non-hydrogen) atoms. The maximum Gasteiger partial charge on any atom is 0.320 e. The van der Waals surface area contributed by atoms with Gasteiger partial charge in [-0.15, -0.1) is 0 Å². The van der Waals surface area contributed by atoms with Crippen molar-refractivity contribution >= 4 is 5.97 Å². The number of carbonyl (C=O) groups is 1. The van der Waals surface area contributed by atoms with E-state index in [1.54, 1.807) is 6.92 Å². The van der Waals surface area contributed by atoms with Gasteiger partial charge in [0.2, 0.25) is 0 Å². The van der Waals surface area contributed by atoms with Crippen molar-refractivity contribution in [2.45, 2.75) is 38.3 Å². The summed E-state index contributed by atoms with van der Waals surface area (Å²) in [7, 11) is 0. The number of piperazine rings is 1. The molecule has 2 aliphatic heterocycles. The van der Waals surface area contributed by atoms with Crippen LogP contribution in [0.5, 0.6) is 0 Å². The minimum absolute atomic E-state index is 0.325. The van der Waals surface area contributed by atoms with Crippen LogP contribution in [0.4, 0.5) is 0 Å². The molecule has 2 atom stereocenters. The van der Waals surface area contributed by atoms with Gasteiger partial charge in [0.15, 0.2) is 0 Å². The van der Waals surface area contributed by atoms with Gasteiger partial charge in [-0.3, -0.25) is 14.6 Å². The number of hydrogen-bond acceptors (Lipinski definition) is 3. The van der Waals surface area contributed by atoms with Gasteiger partial charge in [0.1, 0.15) is 6.04 Å². The molecule has 0 radical (unpaired) electrons. The van der Waals surface area contributed by atoms with Gasteiger partial charge in [0.05, 0.1) is 0 Å². The predicted octanol–water partition coefficient (Wildman–Crippen LogP) is 0.630. The first kappa shape index (κ1) is 10.9. The first-order valence-corrected chi connectivity index (χ1v) is 5.89. The molecule has 0 aliphatic carbocycles. The van der Waals surface area contributed by atoms with E-state index in [0.717, 1.165) is 19.6 Å². The summed E-state index contributed by atoms with van der Waals surface area (Å²) in [6.07, 6.45) is 3.85. The van der Waals surface area contributed by atoms with Crippen LogP contribution >= 0.6 is 0 Å². The third-order valence-corrected chi connectivity index (χ3v) is 3.77. The third kappa shape index (κ3) is 2.32. The lowest BCUT2D eigenvalue weighted by Gasteiger charge is -2.45. The molecule has 2 rings (SSSR count). The molecule has 4 heteroatoms. The Hall–Kier alpha value is -0.610. The van der Waals surface area contributed by atoms with Gasteiger partial charge >= 0.3 is 5.97 Å². The number of hydrogen-bond donors (Lipinski definition) is 1. The summed E-state index contributed by atoms with van der Waals surface area (Å²) in [5.41, 5.74) is 0. The number of fused-ring (bicyclic) bond motifs is 1. The summed E-state index contributed by atoms with van der Waals surface area (Å²) >= 11 is 0. The third-order valence-electron chi connectivity index (χ3n) is 3.77. The first-order chi connectivity index (χ1) is 7.18. The lowest BCUT2D eigenvalue weighted by molar-refractivity contribution is -0.144. The Balaban J connectivity index is 1.93. The summed E-state index contributed by atoms with van der Waals surface area (Å²) in [6.45, 7) is 5.89. The highest BCUT2D eigenvalue weighted by molar-refractivity contribution is 5.72. The van der Waals surface area contributed by atoms with Crippen LogP contribution in [0.15, 0.2) is 0 Å². The van der Waals surface area contributed by atoms with E-state index in [2.05, 4.69) is 9.80 Å². The van der Waals surface area contributed by atoms with Crippen molar-refractivity contribution in [3.63, 3.8) is 0 Å². The molecule has 2 saturated heterocycles. The summed E-state index contributed by atoms with van der Waals surface area (Å²) < 4.78 is 0. The largest absolute Gasteiger partial charge is 0.480 e. The van der Waals surface area contributed by atoms with Crippen LogP contribution in [-0.2, 0) is 4.79 Å². The zero-order chi connectivity index (χ0) is 10.8. The fourth-order valence-corrected chi connectivity index (χ4v) is 2.69. The molecule has 2 aliphatic rings. The standard InChI is InChI=1S/C11H20N2O2/c1-9(11(14)15)13-7-6-12-5-3-2-4-10(12)8-13/h9-10H,2-8H2,1H3,(H,14,15). The Morgan fingerprint density at radius 2 is 2.13 bits per heavy atom. The van der Waals surface area contributed by atoms with Crippen molar-refractivity contribution in [3.05, 3.63) is 0 Å². The molecule has 0 aromatic rings. The molecular weight excluding hydrogens is 192 g/mol. The summed E-state index contributed by atoms with van der Waals surface area (Å²) in [5, 5.41) is 8.98. The first-order valence-electron chi connectivity index (χ1n) is 5.89. The lowest BCUT2D eigenvalue weighted by Crippen LogP contribution is -2.57. The van der Waals surface area contributed by atoms with E-state index in [0.29, 0.717) is 6.04 Å². The fraction of sp³-hybridized carbons (Fsp3) is 0.909. The highest BCUT2D eigenvalue weighted by Crippen LogP contribution is 2.22. The Labute approximate surface area is 90.9 Å². The number of piperidine rings is 1. The molecule has 0 aromatic heterocycles. The molecule has 0 spiro atoms. The molecule has 2 unspecified atom stereocenters. The molecule has 0 aromatic carbocycles. The Morgan fingerprint density at radius 3 is 2.87 bits per heavy atom. The van der Waals surface area contributed by atoms with Gasteiger partial charge in [-0.1, -0.05) is 6.42 Å². The Morgan fingerprint density at radius 1 is 1.33 bits per heavy atom. The molecule has 86 valence electrons. The maximum atomic E-state index is 10.9. The van der Waals surface area contributed by atoms with Gasteiger partial charge in [-0.05, 0) is 26.3 Å². The van der Waals surface area contributed by atoms with Crippen LogP contribution in [0.2, 0.25) is 0 Å². The smallest absolute Gasteiger partial charge is 0.320 e. The molecule has 0 bridgehead atoms. The van der Waals surface area contributed by atoms with Crippen LogP contribution in [0.1, 0.15) is 26.2 Å². The topological polar surface area (TPSA) is 43.8 Å². The molecule has 4 nitrogen and oxygen atoms in total. The second kappa shape index (κ2) is 4.49. The van der Waals surface area contributed by atoms with Crippen molar-refractivity contribution in [1.29, 1.82) is 0 Å². The highest BCUT2D eigenvalue weighted by atomic mass is 16.4.